The molecule has 0 aromatic carbocycles. The summed E-state index contributed by atoms with van der Waals surface area (Å²) in [6, 6.07) is 7.35. The molecule has 2 N–H and O–H groups in total. The number of amides is 2. The number of nitrogens with one attached hydrogen (secondary N) is 2. The molecule has 26 heavy (non-hydrogen) atoms. The van der Waals surface area contributed by atoms with Crippen LogP contribution in [-0.4, -0.2) is 49.6 Å². The lowest BCUT2D eigenvalue weighted by atomic mass is 10.1. The molecule has 2 amide bonds. The minimum absolute atomic E-state index is 0.0182. The van der Waals surface area contributed by atoms with Crippen LogP contribution >= 0.6 is 0 Å². The minimum Gasteiger partial charge on any atom is -0.468 e. The molecule has 0 bridgehead atoms. The van der Waals surface area contributed by atoms with Crippen molar-refractivity contribution in [2.45, 2.75) is 25.3 Å². The fourth-order valence-corrected chi connectivity index (χ4v) is 3.15. The zero-order valence-electron chi connectivity index (χ0n) is 15.4. The molecule has 0 unspecified atom stereocenters. The van der Waals surface area contributed by atoms with Gasteiger partial charge in [-0.05, 0) is 57.6 Å². The highest BCUT2D eigenvalue weighted by molar-refractivity contribution is 5.89. The van der Waals surface area contributed by atoms with Gasteiger partial charge in [0.05, 0.1) is 24.2 Å². The van der Waals surface area contributed by atoms with Gasteiger partial charge >= 0.3 is 6.03 Å². The first-order valence-electron chi connectivity index (χ1n) is 9.09. The molecule has 0 spiro atoms. The van der Waals surface area contributed by atoms with Crippen LogP contribution in [0.1, 0.15) is 31.1 Å². The number of nitrogens with zero attached hydrogens (tertiary/aromatic N) is 3. The van der Waals surface area contributed by atoms with E-state index in [0.29, 0.717) is 12.2 Å². The molecular formula is C19H27N5O2. The Balaban J connectivity index is 1.51. The molecule has 1 aliphatic rings. The standard InChI is InChI=1S/C19H27N5O2/c1-23(2)16(17-7-6-12-26-17)14-21-19(25)22-15-8-9-18(20-13-15)24-10-4-3-5-11-24/h6-9,12-13,16H,3-5,10-11,14H2,1-2H3,(H2,21,22,25)/t16-/m1/s1. The Bertz CT molecular complexity index is 678. The second-order valence-electron chi connectivity index (χ2n) is 6.78. The van der Waals surface area contributed by atoms with Gasteiger partial charge in [-0.25, -0.2) is 9.78 Å². The Morgan fingerprint density at radius 2 is 2.08 bits per heavy atom. The van der Waals surface area contributed by atoms with Crippen LogP contribution in [0.4, 0.5) is 16.3 Å². The number of carbonyl (C=O) groups is 1. The van der Waals surface area contributed by atoms with Crippen LogP contribution in [0.5, 0.6) is 0 Å². The summed E-state index contributed by atoms with van der Waals surface area (Å²) in [5.74, 6) is 1.80. The van der Waals surface area contributed by atoms with Gasteiger partial charge in [-0.2, -0.15) is 0 Å². The maximum Gasteiger partial charge on any atom is 0.319 e. The van der Waals surface area contributed by atoms with E-state index in [4.69, 9.17) is 4.42 Å². The first-order chi connectivity index (χ1) is 12.6. The van der Waals surface area contributed by atoms with E-state index in [-0.39, 0.29) is 12.1 Å². The van der Waals surface area contributed by atoms with E-state index in [1.165, 1.54) is 19.3 Å². The molecule has 2 aromatic rings. The number of furan rings is 1. The van der Waals surface area contributed by atoms with Crippen molar-refractivity contribution in [2.75, 3.05) is 43.9 Å². The molecular weight excluding hydrogens is 330 g/mol. The van der Waals surface area contributed by atoms with E-state index in [1.54, 1.807) is 12.5 Å². The lowest BCUT2D eigenvalue weighted by Gasteiger charge is -2.27. The van der Waals surface area contributed by atoms with Crippen molar-refractivity contribution in [3.63, 3.8) is 0 Å². The highest BCUT2D eigenvalue weighted by Gasteiger charge is 2.18. The number of urea groups is 1. The highest BCUT2D eigenvalue weighted by Crippen LogP contribution is 2.19. The highest BCUT2D eigenvalue weighted by atomic mass is 16.3. The van der Waals surface area contributed by atoms with E-state index >= 15 is 0 Å². The van der Waals surface area contributed by atoms with Crippen molar-refractivity contribution in [2.24, 2.45) is 0 Å². The third-order valence-corrected chi connectivity index (χ3v) is 4.64. The van der Waals surface area contributed by atoms with Gasteiger partial charge < -0.3 is 20.0 Å². The second kappa shape index (κ2) is 8.71. The molecule has 3 heterocycles. The number of rotatable bonds is 6. The summed E-state index contributed by atoms with van der Waals surface area (Å²) in [4.78, 5) is 21.0. The Hall–Kier alpha value is -2.54. The zero-order chi connectivity index (χ0) is 18.4. The average molecular weight is 357 g/mol. The van der Waals surface area contributed by atoms with E-state index < -0.39 is 0 Å². The Labute approximate surface area is 154 Å². The normalized spacial score (nSPS) is 15.7. The van der Waals surface area contributed by atoms with Gasteiger partial charge in [0.1, 0.15) is 11.6 Å². The lowest BCUT2D eigenvalue weighted by Crippen LogP contribution is -2.36. The number of anilines is 2. The molecule has 1 fully saturated rings. The van der Waals surface area contributed by atoms with E-state index in [2.05, 4.69) is 20.5 Å². The molecule has 0 radical (unpaired) electrons. The van der Waals surface area contributed by atoms with Crippen molar-refractivity contribution >= 4 is 17.5 Å². The second-order valence-corrected chi connectivity index (χ2v) is 6.78. The smallest absolute Gasteiger partial charge is 0.319 e. The zero-order valence-corrected chi connectivity index (χ0v) is 15.4. The van der Waals surface area contributed by atoms with E-state index in [9.17, 15) is 4.79 Å². The van der Waals surface area contributed by atoms with Gasteiger partial charge in [0.25, 0.3) is 0 Å². The summed E-state index contributed by atoms with van der Waals surface area (Å²) in [5.41, 5.74) is 0.683. The van der Waals surface area contributed by atoms with Gasteiger partial charge in [-0.3, -0.25) is 4.90 Å². The van der Waals surface area contributed by atoms with Gasteiger partial charge in [-0.15, -0.1) is 0 Å². The molecule has 7 nitrogen and oxygen atoms in total. The predicted octanol–water partition coefficient (Wildman–Crippen LogP) is 3.09. The molecule has 7 heteroatoms. The largest absolute Gasteiger partial charge is 0.468 e. The van der Waals surface area contributed by atoms with Crippen LogP contribution in [0.3, 0.4) is 0 Å². The third-order valence-electron chi connectivity index (χ3n) is 4.64. The first kappa shape index (κ1) is 18.3. The molecule has 0 aliphatic carbocycles. The van der Waals surface area contributed by atoms with Crippen LogP contribution in [0.15, 0.2) is 41.1 Å². The maximum absolute atomic E-state index is 12.2. The van der Waals surface area contributed by atoms with Crippen LogP contribution < -0.4 is 15.5 Å². The van der Waals surface area contributed by atoms with Gasteiger partial charge in [0.15, 0.2) is 0 Å². The molecule has 3 rings (SSSR count). The molecule has 140 valence electrons. The van der Waals surface area contributed by atoms with Crippen molar-refractivity contribution < 1.29 is 9.21 Å². The van der Waals surface area contributed by atoms with E-state index in [0.717, 1.165) is 24.7 Å². The quantitative estimate of drug-likeness (QED) is 0.831. The minimum atomic E-state index is -0.254. The van der Waals surface area contributed by atoms with Crippen molar-refractivity contribution in [1.82, 2.24) is 15.2 Å². The monoisotopic (exact) mass is 357 g/mol. The fourth-order valence-electron chi connectivity index (χ4n) is 3.15. The Morgan fingerprint density at radius 1 is 1.27 bits per heavy atom. The fraction of sp³-hybridized carbons (Fsp3) is 0.474. The van der Waals surface area contributed by atoms with Crippen LogP contribution in [0.2, 0.25) is 0 Å². The summed E-state index contributed by atoms with van der Waals surface area (Å²) in [6.45, 7) is 2.56. The summed E-state index contributed by atoms with van der Waals surface area (Å²) < 4.78 is 5.45. The van der Waals surface area contributed by atoms with E-state index in [1.807, 2.05) is 43.3 Å². The van der Waals surface area contributed by atoms with Crippen molar-refractivity contribution in [3.05, 3.63) is 42.5 Å². The van der Waals surface area contributed by atoms with Gasteiger partial charge in [0.2, 0.25) is 0 Å². The van der Waals surface area contributed by atoms with Crippen LogP contribution in [0.25, 0.3) is 0 Å². The van der Waals surface area contributed by atoms with Gasteiger partial charge in [0, 0.05) is 19.6 Å². The van der Waals surface area contributed by atoms with Gasteiger partial charge in [-0.1, -0.05) is 0 Å². The number of pyridine rings is 1. The van der Waals surface area contributed by atoms with Crippen LogP contribution in [-0.2, 0) is 0 Å². The summed E-state index contributed by atoms with van der Waals surface area (Å²) >= 11 is 0. The lowest BCUT2D eigenvalue weighted by molar-refractivity contribution is 0.233. The number of carbonyl (C=O) groups excluding carboxylic acids is 1. The molecule has 1 saturated heterocycles. The first-order valence-corrected chi connectivity index (χ1v) is 9.09. The number of aromatic nitrogens is 1. The van der Waals surface area contributed by atoms with Crippen molar-refractivity contribution in [3.8, 4) is 0 Å². The Kier molecular flexibility index (Phi) is 6.12. The number of hydrogen-bond donors (Lipinski definition) is 2. The SMILES string of the molecule is CN(C)[C@H](CNC(=O)Nc1ccc(N2CCCCC2)nc1)c1ccco1. The van der Waals surface area contributed by atoms with Crippen LogP contribution in [0, 0.1) is 0 Å². The molecule has 1 atom stereocenters. The molecule has 1 aliphatic heterocycles. The summed E-state index contributed by atoms with van der Waals surface area (Å²) in [7, 11) is 3.91. The topological polar surface area (TPSA) is 73.6 Å². The third kappa shape index (κ3) is 4.76. The summed E-state index contributed by atoms with van der Waals surface area (Å²) in [5, 5.41) is 5.72. The Morgan fingerprint density at radius 3 is 2.69 bits per heavy atom. The van der Waals surface area contributed by atoms with Crippen molar-refractivity contribution in [1.29, 1.82) is 0 Å². The predicted molar refractivity (Wildman–Crippen MR) is 102 cm³/mol. The summed E-state index contributed by atoms with van der Waals surface area (Å²) in [6.07, 6.45) is 7.07. The number of likely N-dealkylation sites (N-methyl/N-ethyl adjacent to an activating group) is 1. The maximum atomic E-state index is 12.2. The number of piperidine rings is 1. The molecule has 2 aromatic heterocycles. The molecule has 0 saturated carbocycles. The number of hydrogen-bond acceptors (Lipinski definition) is 5. The average Bonchev–Trinajstić information content (AvgIpc) is 3.17.